The number of thiophene rings is 1. The third-order valence-corrected chi connectivity index (χ3v) is 4.24. The van der Waals surface area contributed by atoms with Crippen LogP contribution in [0.4, 0.5) is 5.00 Å². The molecule has 0 saturated carbocycles. The number of ether oxygens (including phenoxy) is 2. The molecule has 1 N–H and O–H groups in total. The minimum atomic E-state index is -0.645. The maximum atomic E-state index is 12.2. The second kappa shape index (κ2) is 8.10. The lowest BCUT2D eigenvalue weighted by Crippen LogP contribution is -2.28. The Morgan fingerprint density at radius 3 is 2.33 bits per heavy atom. The molecular weight excluding hydrogens is 330 g/mol. The van der Waals surface area contributed by atoms with E-state index in [1.165, 1.54) is 6.08 Å². The van der Waals surface area contributed by atoms with Gasteiger partial charge in [-0.3, -0.25) is 4.79 Å². The average Bonchev–Trinajstić information content (AvgIpc) is 2.80. The molecule has 1 rings (SSSR count). The fraction of sp³-hybridized carbons (Fsp3) is 0.471. The number of hydrogen-bond donors (Lipinski definition) is 1. The molecule has 0 spiro atoms. The van der Waals surface area contributed by atoms with Crippen LogP contribution in [-0.4, -0.2) is 31.1 Å². The first-order valence-electron chi connectivity index (χ1n) is 7.53. The number of anilines is 1. The second-order valence-corrected chi connectivity index (χ2v) is 7.09. The summed E-state index contributed by atoms with van der Waals surface area (Å²) >= 11 is 1.00. The predicted octanol–water partition coefficient (Wildman–Crippen LogP) is 3.56. The average molecular weight is 353 g/mol. The van der Waals surface area contributed by atoms with Gasteiger partial charge in [-0.2, -0.15) is 0 Å². The Morgan fingerprint density at radius 2 is 1.83 bits per heavy atom. The highest BCUT2D eigenvalue weighted by Crippen LogP contribution is 2.35. The van der Waals surface area contributed by atoms with Crippen LogP contribution in [0.5, 0.6) is 0 Å². The van der Waals surface area contributed by atoms with Gasteiger partial charge in [0.05, 0.1) is 12.2 Å². The van der Waals surface area contributed by atoms with Crippen LogP contribution in [0.1, 0.15) is 53.3 Å². The molecule has 1 amide bonds. The molecule has 0 unspecified atom stereocenters. The van der Waals surface area contributed by atoms with Gasteiger partial charge in [-0.15, -0.1) is 11.3 Å². The van der Waals surface area contributed by atoms with Crippen LogP contribution in [0.15, 0.2) is 12.7 Å². The van der Waals surface area contributed by atoms with Crippen molar-refractivity contribution in [2.24, 2.45) is 5.41 Å². The van der Waals surface area contributed by atoms with Gasteiger partial charge >= 0.3 is 11.9 Å². The minimum Gasteiger partial charge on any atom is -0.462 e. The molecule has 0 saturated heterocycles. The van der Waals surface area contributed by atoms with Gasteiger partial charge in [0.15, 0.2) is 0 Å². The van der Waals surface area contributed by atoms with Crippen molar-refractivity contribution < 1.29 is 23.9 Å². The summed E-state index contributed by atoms with van der Waals surface area (Å²) < 4.78 is 10.1. The predicted molar refractivity (Wildman–Crippen MR) is 93.6 cm³/mol. The van der Waals surface area contributed by atoms with Crippen molar-refractivity contribution in [3.63, 3.8) is 0 Å². The molecule has 24 heavy (non-hydrogen) atoms. The van der Waals surface area contributed by atoms with E-state index in [0.717, 1.165) is 11.3 Å². The standard InChI is InChI=1S/C17H23NO5S/c1-7-9-23-15(20)12-10(3)11(14(19)22-8-2)13(24-12)18-16(21)17(4,5)6/h7H,1,8-9H2,2-6H3,(H,18,21). The maximum absolute atomic E-state index is 12.2. The summed E-state index contributed by atoms with van der Waals surface area (Å²) in [7, 11) is 0. The van der Waals surface area contributed by atoms with Crippen molar-refractivity contribution in [1.29, 1.82) is 0 Å². The van der Waals surface area contributed by atoms with Crippen molar-refractivity contribution in [2.75, 3.05) is 18.5 Å². The van der Waals surface area contributed by atoms with Gasteiger partial charge in [0.2, 0.25) is 5.91 Å². The molecule has 0 aliphatic rings. The summed E-state index contributed by atoms with van der Waals surface area (Å²) in [5.74, 6) is -1.42. The lowest BCUT2D eigenvalue weighted by Gasteiger charge is -2.17. The molecule has 0 aliphatic heterocycles. The largest absolute Gasteiger partial charge is 0.462 e. The molecule has 1 aromatic rings. The molecule has 0 aromatic carbocycles. The molecule has 6 nitrogen and oxygen atoms in total. The first-order chi connectivity index (χ1) is 11.1. The summed E-state index contributed by atoms with van der Waals surface area (Å²) in [6.45, 7) is 12.3. The van der Waals surface area contributed by atoms with Crippen molar-refractivity contribution in [3.05, 3.63) is 28.7 Å². The first kappa shape index (κ1) is 19.9. The summed E-state index contributed by atoms with van der Waals surface area (Å²) in [5, 5.41) is 3.00. The van der Waals surface area contributed by atoms with E-state index in [9.17, 15) is 14.4 Å². The highest BCUT2D eigenvalue weighted by Gasteiger charge is 2.29. The zero-order valence-electron chi connectivity index (χ0n) is 14.6. The van der Waals surface area contributed by atoms with Gasteiger partial charge < -0.3 is 14.8 Å². The zero-order valence-corrected chi connectivity index (χ0v) is 15.5. The summed E-state index contributed by atoms with van der Waals surface area (Å²) in [6.07, 6.45) is 1.45. The Hall–Kier alpha value is -2.15. The van der Waals surface area contributed by atoms with Crippen LogP contribution in [-0.2, 0) is 14.3 Å². The zero-order chi connectivity index (χ0) is 18.5. The number of carbonyl (C=O) groups is 3. The highest BCUT2D eigenvalue weighted by molar-refractivity contribution is 7.18. The Morgan fingerprint density at radius 1 is 1.21 bits per heavy atom. The van der Waals surface area contributed by atoms with Crippen LogP contribution in [0, 0.1) is 12.3 Å². The van der Waals surface area contributed by atoms with E-state index in [1.807, 2.05) is 0 Å². The summed E-state index contributed by atoms with van der Waals surface area (Å²) in [4.78, 5) is 36.9. The van der Waals surface area contributed by atoms with E-state index in [2.05, 4.69) is 11.9 Å². The van der Waals surface area contributed by atoms with Crippen molar-refractivity contribution in [1.82, 2.24) is 0 Å². The van der Waals surface area contributed by atoms with Crippen LogP contribution >= 0.6 is 11.3 Å². The molecular formula is C17H23NO5S. The van der Waals surface area contributed by atoms with E-state index in [4.69, 9.17) is 9.47 Å². The number of esters is 2. The fourth-order valence-electron chi connectivity index (χ4n) is 1.74. The third-order valence-electron chi connectivity index (χ3n) is 3.05. The lowest BCUT2D eigenvalue weighted by atomic mass is 9.96. The first-order valence-corrected chi connectivity index (χ1v) is 8.35. The van der Waals surface area contributed by atoms with E-state index in [1.54, 1.807) is 34.6 Å². The monoisotopic (exact) mass is 353 g/mol. The van der Waals surface area contributed by atoms with Crippen LogP contribution in [0.2, 0.25) is 0 Å². The van der Waals surface area contributed by atoms with E-state index in [-0.39, 0.29) is 34.6 Å². The number of carbonyl (C=O) groups excluding carboxylic acids is 3. The van der Waals surface area contributed by atoms with Crippen LogP contribution < -0.4 is 5.32 Å². The Bertz CT molecular complexity index is 655. The normalized spacial score (nSPS) is 10.9. The van der Waals surface area contributed by atoms with Gasteiger partial charge in [-0.05, 0) is 19.4 Å². The van der Waals surface area contributed by atoms with Crippen LogP contribution in [0.3, 0.4) is 0 Å². The van der Waals surface area contributed by atoms with Gasteiger partial charge in [-0.25, -0.2) is 9.59 Å². The summed E-state index contributed by atoms with van der Waals surface area (Å²) in [6, 6.07) is 0. The number of nitrogens with one attached hydrogen (secondary N) is 1. The molecule has 132 valence electrons. The molecule has 1 aromatic heterocycles. The molecule has 0 fully saturated rings. The van der Waals surface area contributed by atoms with E-state index >= 15 is 0 Å². The van der Waals surface area contributed by atoms with Crippen molar-refractivity contribution >= 4 is 34.2 Å². The third kappa shape index (κ3) is 4.67. The maximum Gasteiger partial charge on any atom is 0.348 e. The molecule has 7 heteroatoms. The quantitative estimate of drug-likeness (QED) is 0.625. The Labute approximate surface area is 145 Å². The van der Waals surface area contributed by atoms with Crippen LogP contribution in [0.25, 0.3) is 0 Å². The number of hydrogen-bond acceptors (Lipinski definition) is 6. The van der Waals surface area contributed by atoms with E-state index < -0.39 is 17.4 Å². The van der Waals surface area contributed by atoms with Crippen molar-refractivity contribution in [2.45, 2.75) is 34.6 Å². The number of amides is 1. The molecule has 0 bridgehead atoms. The highest BCUT2D eigenvalue weighted by atomic mass is 32.1. The minimum absolute atomic E-state index is 0.0641. The molecule has 0 radical (unpaired) electrons. The second-order valence-electron chi connectivity index (χ2n) is 6.07. The SMILES string of the molecule is C=CCOC(=O)c1sc(NC(=O)C(C)(C)C)c(C(=O)OCC)c1C. The van der Waals surface area contributed by atoms with Gasteiger partial charge in [-0.1, -0.05) is 33.4 Å². The number of rotatable bonds is 6. The van der Waals surface area contributed by atoms with E-state index in [0.29, 0.717) is 5.56 Å². The molecule has 1 heterocycles. The smallest absolute Gasteiger partial charge is 0.348 e. The Kier molecular flexibility index (Phi) is 6.71. The van der Waals surface area contributed by atoms with Gasteiger partial charge in [0.25, 0.3) is 0 Å². The molecule has 0 aliphatic carbocycles. The lowest BCUT2D eigenvalue weighted by molar-refractivity contribution is -0.123. The van der Waals surface area contributed by atoms with Crippen molar-refractivity contribution in [3.8, 4) is 0 Å². The summed E-state index contributed by atoms with van der Waals surface area (Å²) in [5.41, 5.74) is -0.0328. The van der Waals surface area contributed by atoms with Gasteiger partial charge in [0, 0.05) is 5.41 Å². The fourth-order valence-corrected chi connectivity index (χ4v) is 2.82. The molecule has 0 atom stereocenters. The van der Waals surface area contributed by atoms with Gasteiger partial charge in [0.1, 0.15) is 16.5 Å². The topological polar surface area (TPSA) is 81.7 Å². The Balaban J connectivity index is 3.29.